The second kappa shape index (κ2) is 5.81. The number of halogens is 1. The van der Waals surface area contributed by atoms with Crippen molar-refractivity contribution in [1.29, 1.82) is 0 Å². The van der Waals surface area contributed by atoms with Crippen LogP contribution in [0.3, 0.4) is 0 Å². The minimum absolute atomic E-state index is 0.0301. The molecule has 3 rings (SSSR count). The van der Waals surface area contributed by atoms with E-state index in [9.17, 15) is 9.59 Å². The molecule has 2 aromatic rings. The fraction of sp³-hybridized carbons (Fsp3) is 0.267. The van der Waals surface area contributed by atoms with E-state index >= 15 is 0 Å². The molecule has 1 aromatic carbocycles. The molecule has 0 aliphatic heterocycles. The highest BCUT2D eigenvalue weighted by molar-refractivity contribution is 6.30. The van der Waals surface area contributed by atoms with Gasteiger partial charge in [0.05, 0.1) is 17.4 Å². The summed E-state index contributed by atoms with van der Waals surface area (Å²) in [4.78, 5) is 24.8. The van der Waals surface area contributed by atoms with Gasteiger partial charge >= 0.3 is 5.97 Å². The van der Waals surface area contributed by atoms with Crippen LogP contribution in [0, 0.1) is 0 Å². The van der Waals surface area contributed by atoms with Crippen molar-refractivity contribution in [1.82, 2.24) is 14.7 Å². The van der Waals surface area contributed by atoms with Crippen LogP contribution in [0.15, 0.2) is 36.7 Å². The Morgan fingerprint density at radius 3 is 2.59 bits per heavy atom. The third-order valence-corrected chi connectivity index (χ3v) is 3.73. The van der Waals surface area contributed by atoms with Gasteiger partial charge in [-0.15, -0.1) is 0 Å². The lowest BCUT2D eigenvalue weighted by Crippen LogP contribution is -2.37. The highest BCUT2D eigenvalue weighted by atomic mass is 35.5. The number of amides is 1. The number of hydrogen-bond acceptors (Lipinski definition) is 3. The van der Waals surface area contributed by atoms with Gasteiger partial charge in [-0.25, -0.2) is 4.68 Å². The van der Waals surface area contributed by atoms with E-state index in [0.29, 0.717) is 10.6 Å². The molecule has 0 radical (unpaired) electrons. The third kappa shape index (κ3) is 3.12. The fourth-order valence-corrected chi connectivity index (χ4v) is 2.36. The molecule has 1 heterocycles. The van der Waals surface area contributed by atoms with Gasteiger partial charge in [0.1, 0.15) is 6.54 Å². The first-order chi connectivity index (χ1) is 10.5. The topological polar surface area (TPSA) is 75.4 Å². The molecule has 1 aliphatic carbocycles. The Morgan fingerprint density at radius 1 is 1.32 bits per heavy atom. The molecule has 0 bridgehead atoms. The molecule has 1 aliphatic rings. The molecule has 1 saturated carbocycles. The van der Waals surface area contributed by atoms with Crippen molar-refractivity contribution < 1.29 is 14.7 Å². The van der Waals surface area contributed by atoms with Crippen LogP contribution in [-0.2, 0) is 4.79 Å². The second-order valence-electron chi connectivity index (χ2n) is 5.21. The maximum Gasteiger partial charge on any atom is 0.323 e. The van der Waals surface area contributed by atoms with Gasteiger partial charge in [0.25, 0.3) is 5.91 Å². The van der Waals surface area contributed by atoms with Crippen LogP contribution >= 0.6 is 11.6 Å². The summed E-state index contributed by atoms with van der Waals surface area (Å²) in [5.74, 6) is -1.31. The normalized spacial score (nSPS) is 13.9. The summed E-state index contributed by atoms with van der Waals surface area (Å²) in [5, 5.41) is 13.7. The molecule has 1 aromatic heterocycles. The minimum Gasteiger partial charge on any atom is -0.480 e. The molecule has 1 N–H and O–H groups in total. The summed E-state index contributed by atoms with van der Waals surface area (Å²) >= 11 is 5.84. The molecule has 0 unspecified atom stereocenters. The Hall–Kier alpha value is -2.34. The number of carboxylic acids is 1. The van der Waals surface area contributed by atoms with Crippen molar-refractivity contribution in [3.8, 4) is 5.69 Å². The summed E-state index contributed by atoms with van der Waals surface area (Å²) in [6.07, 6.45) is 4.76. The Kier molecular flexibility index (Phi) is 3.85. The van der Waals surface area contributed by atoms with Crippen molar-refractivity contribution in [2.24, 2.45) is 0 Å². The molecule has 0 saturated heterocycles. The lowest BCUT2D eigenvalue weighted by atomic mass is 10.3. The number of benzene rings is 1. The molecule has 7 heteroatoms. The van der Waals surface area contributed by atoms with E-state index in [-0.39, 0.29) is 18.5 Å². The average molecular weight is 320 g/mol. The van der Waals surface area contributed by atoms with E-state index in [1.807, 2.05) is 0 Å². The lowest BCUT2D eigenvalue weighted by Gasteiger charge is -2.19. The largest absolute Gasteiger partial charge is 0.480 e. The van der Waals surface area contributed by atoms with E-state index in [1.54, 1.807) is 35.1 Å². The van der Waals surface area contributed by atoms with Crippen LogP contribution in [0.1, 0.15) is 23.2 Å². The SMILES string of the molecule is O=C(O)CN(C(=O)c1cnn(-c2ccc(Cl)cc2)c1)C1CC1. The zero-order valence-corrected chi connectivity index (χ0v) is 12.4. The van der Waals surface area contributed by atoms with Crippen LogP contribution in [0.2, 0.25) is 5.02 Å². The molecular formula is C15H14ClN3O3. The standard InChI is InChI=1S/C15H14ClN3O3/c16-11-1-3-13(4-2-11)19-8-10(7-17-19)15(22)18(9-14(20)21)12-5-6-12/h1-4,7-8,12H,5-6,9H2,(H,20,21). The van der Waals surface area contributed by atoms with Gasteiger partial charge in [-0.3, -0.25) is 9.59 Å². The smallest absolute Gasteiger partial charge is 0.323 e. The molecule has 0 spiro atoms. The molecule has 0 atom stereocenters. The van der Waals surface area contributed by atoms with Crippen LogP contribution in [-0.4, -0.2) is 44.3 Å². The summed E-state index contributed by atoms with van der Waals surface area (Å²) in [6, 6.07) is 7.09. The Balaban J connectivity index is 1.81. The molecule has 1 amide bonds. The van der Waals surface area contributed by atoms with Gasteiger partial charge in [-0.05, 0) is 37.1 Å². The Bertz CT molecular complexity index is 707. The summed E-state index contributed by atoms with van der Waals surface area (Å²) in [6.45, 7) is -0.282. The van der Waals surface area contributed by atoms with E-state index in [0.717, 1.165) is 18.5 Å². The first-order valence-electron chi connectivity index (χ1n) is 6.88. The predicted octanol–water partition coefficient (Wildman–Crippen LogP) is 2.21. The van der Waals surface area contributed by atoms with Gasteiger partial charge in [0, 0.05) is 17.3 Å². The quantitative estimate of drug-likeness (QED) is 0.917. The van der Waals surface area contributed by atoms with Crippen molar-refractivity contribution >= 4 is 23.5 Å². The Morgan fingerprint density at radius 2 is 2.00 bits per heavy atom. The third-order valence-electron chi connectivity index (χ3n) is 3.47. The summed E-state index contributed by atoms with van der Waals surface area (Å²) in [5.41, 5.74) is 1.16. The second-order valence-corrected chi connectivity index (χ2v) is 5.64. The van der Waals surface area contributed by atoms with Crippen molar-refractivity contribution in [3.63, 3.8) is 0 Å². The predicted molar refractivity (Wildman–Crippen MR) is 80.3 cm³/mol. The van der Waals surface area contributed by atoms with E-state index < -0.39 is 5.97 Å². The average Bonchev–Trinajstić information content (AvgIpc) is 3.21. The number of carbonyl (C=O) groups is 2. The summed E-state index contributed by atoms with van der Waals surface area (Å²) in [7, 11) is 0. The van der Waals surface area contributed by atoms with Crippen molar-refractivity contribution in [2.75, 3.05) is 6.54 Å². The maximum absolute atomic E-state index is 12.4. The zero-order chi connectivity index (χ0) is 15.7. The van der Waals surface area contributed by atoms with E-state index in [4.69, 9.17) is 16.7 Å². The van der Waals surface area contributed by atoms with Crippen LogP contribution < -0.4 is 0 Å². The lowest BCUT2D eigenvalue weighted by molar-refractivity contribution is -0.137. The number of carboxylic acid groups (broad SMARTS) is 1. The van der Waals surface area contributed by atoms with E-state index in [1.165, 1.54) is 11.1 Å². The molecule has 6 nitrogen and oxygen atoms in total. The number of aliphatic carboxylic acids is 1. The zero-order valence-electron chi connectivity index (χ0n) is 11.6. The highest BCUT2D eigenvalue weighted by Crippen LogP contribution is 2.28. The van der Waals surface area contributed by atoms with Gasteiger partial charge in [-0.1, -0.05) is 11.6 Å². The first-order valence-corrected chi connectivity index (χ1v) is 7.26. The monoisotopic (exact) mass is 319 g/mol. The number of nitrogens with zero attached hydrogens (tertiary/aromatic N) is 3. The fourth-order valence-electron chi connectivity index (χ4n) is 2.23. The molecule has 1 fully saturated rings. The van der Waals surface area contributed by atoms with Crippen molar-refractivity contribution in [3.05, 3.63) is 47.2 Å². The molecule has 22 heavy (non-hydrogen) atoms. The number of carbonyl (C=O) groups excluding carboxylic acids is 1. The number of aromatic nitrogens is 2. The number of hydrogen-bond donors (Lipinski definition) is 1. The van der Waals surface area contributed by atoms with Gasteiger partial charge < -0.3 is 10.0 Å². The highest BCUT2D eigenvalue weighted by Gasteiger charge is 2.34. The van der Waals surface area contributed by atoms with Crippen molar-refractivity contribution in [2.45, 2.75) is 18.9 Å². The minimum atomic E-state index is -1.01. The van der Waals surface area contributed by atoms with E-state index in [2.05, 4.69) is 5.10 Å². The van der Waals surface area contributed by atoms with Crippen LogP contribution in [0.4, 0.5) is 0 Å². The van der Waals surface area contributed by atoms with Gasteiger partial charge in [-0.2, -0.15) is 5.10 Å². The molecular weight excluding hydrogens is 306 g/mol. The Labute approximate surface area is 131 Å². The van der Waals surface area contributed by atoms with Gasteiger partial charge in [0.2, 0.25) is 0 Å². The van der Waals surface area contributed by atoms with Crippen LogP contribution in [0.25, 0.3) is 5.69 Å². The van der Waals surface area contributed by atoms with Gasteiger partial charge in [0.15, 0.2) is 0 Å². The van der Waals surface area contributed by atoms with Crippen LogP contribution in [0.5, 0.6) is 0 Å². The first kappa shape index (κ1) is 14.6. The molecule has 114 valence electrons. The summed E-state index contributed by atoms with van der Waals surface area (Å²) < 4.78 is 1.56. The maximum atomic E-state index is 12.4. The number of rotatable bonds is 5.